The third kappa shape index (κ3) is 8.56. The Balaban J connectivity index is 1.77. The molecular formula is C17H28N2O5. The van der Waals surface area contributed by atoms with Gasteiger partial charge in [0.05, 0.1) is 66.1 Å². The first kappa shape index (κ1) is 19.1. The van der Waals surface area contributed by atoms with E-state index in [4.69, 9.17) is 23.7 Å². The summed E-state index contributed by atoms with van der Waals surface area (Å²) < 4.78 is 27.6. The number of hydrogen-bond donors (Lipinski definition) is 0. The first-order chi connectivity index (χ1) is 12.0. The van der Waals surface area contributed by atoms with Gasteiger partial charge in [0, 0.05) is 19.3 Å². The van der Waals surface area contributed by atoms with E-state index in [0.717, 1.165) is 18.9 Å². The second-order valence-corrected chi connectivity index (χ2v) is 5.24. The van der Waals surface area contributed by atoms with Crippen LogP contribution in [0.2, 0.25) is 0 Å². The maximum Gasteiger partial charge on any atom is 0.128 e. The van der Waals surface area contributed by atoms with Crippen LogP contribution in [-0.4, -0.2) is 84.1 Å². The molecule has 0 radical (unpaired) electrons. The smallest absolute Gasteiger partial charge is 0.128 e. The van der Waals surface area contributed by atoms with Crippen LogP contribution in [0.1, 0.15) is 0 Å². The molecule has 0 unspecified atom stereocenters. The van der Waals surface area contributed by atoms with Gasteiger partial charge in [-0.15, -0.1) is 0 Å². The predicted molar refractivity (Wildman–Crippen MR) is 90.5 cm³/mol. The van der Waals surface area contributed by atoms with Crippen LogP contribution in [-0.2, 0) is 23.7 Å². The normalized spacial score (nSPS) is 20.9. The summed E-state index contributed by atoms with van der Waals surface area (Å²) in [5, 5.41) is 0. The number of aromatic nitrogens is 1. The zero-order valence-corrected chi connectivity index (χ0v) is 14.2. The summed E-state index contributed by atoms with van der Waals surface area (Å²) in [5.74, 6) is 0.934. The van der Waals surface area contributed by atoms with E-state index < -0.39 is 0 Å². The van der Waals surface area contributed by atoms with Crippen molar-refractivity contribution in [2.45, 2.75) is 0 Å². The molecule has 1 fully saturated rings. The molecule has 0 amide bonds. The number of anilines is 1. The lowest BCUT2D eigenvalue weighted by atomic mass is 10.4. The predicted octanol–water partition coefficient (Wildman–Crippen LogP) is 0.985. The fraction of sp³-hybridized carbons (Fsp3) is 0.706. The molecule has 1 aliphatic rings. The van der Waals surface area contributed by atoms with E-state index >= 15 is 0 Å². The Morgan fingerprint density at radius 1 is 0.625 bits per heavy atom. The van der Waals surface area contributed by atoms with E-state index in [-0.39, 0.29) is 0 Å². The fourth-order valence-corrected chi connectivity index (χ4v) is 2.21. The topological polar surface area (TPSA) is 62.3 Å². The Bertz CT molecular complexity index is 389. The minimum atomic E-state index is 0.576. The molecular weight excluding hydrogens is 312 g/mol. The van der Waals surface area contributed by atoms with E-state index in [2.05, 4.69) is 9.88 Å². The summed E-state index contributed by atoms with van der Waals surface area (Å²) in [5.41, 5.74) is 0. The van der Waals surface area contributed by atoms with Gasteiger partial charge in [0.25, 0.3) is 0 Å². The van der Waals surface area contributed by atoms with Gasteiger partial charge in [0.2, 0.25) is 0 Å². The van der Waals surface area contributed by atoms with Crippen LogP contribution in [0.4, 0.5) is 5.82 Å². The largest absolute Gasteiger partial charge is 0.377 e. The summed E-state index contributed by atoms with van der Waals surface area (Å²) in [6.07, 6.45) is 1.80. The van der Waals surface area contributed by atoms with Crippen molar-refractivity contribution < 1.29 is 23.7 Å². The van der Waals surface area contributed by atoms with Gasteiger partial charge in [-0.25, -0.2) is 4.98 Å². The van der Waals surface area contributed by atoms with E-state index in [1.807, 2.05) is 18.2 Å². The second kappa shape index (κ2) is 13.1. The van der Waals surface area contributed by atoms with Crippen molar-refractivity contribution in [1.82, 2.24) is 4.98 Å². The molecule has 1 aromatic heterocycles. The first-order valence-corrected chi connectivity index (χ1v) is 8.51. The lowest BCUT2D eigenvalue weighted by Gasteiger charge is -2.23. The highest BCUT2D eigenvalue weighted by molar-refractivity contribution is 5.37. The van der Waals surface area contributed by atoms with Crippen LogP contribution >= 0.6 is 0 Å². The summed E-state index contributed by atoms with van der Waals surface area (Å²) >= 11 is 0. The highest BCUT2D eigenvalue weighted by Gasteiger charge is 2.07. The van der Waals surface area contributed by atoms with Crippen LogP contribution in [0.5, 0.6) is 0 Å². The van der Waals surface area contributed by atoms with E-state index in [9.17, 15) is 0 Å². The number of rotatable bonds is 1. The van der Waals surface area contributed by atoms with E-state index in [1.54, 1.807) is 6.20 Å². The quantitative estimate of drug-likeness (QED) is 0.755. The van der Waals surface area contributed by atoms with E-state index in [1.165, 1.54) is 0 Å². The molecule has 0 aliphatic carbocycles. The Kier molecular flexibility index (Phi) is 10.4. The first-order valence-electron chi connectivity index (χ1n) is 8.51. The van der Waals surface area contributed by atoms with Crippen molar-refractivity contribution in [1.29, 1.82) is 0 Å². The Morgan fingerprint density at radius 3 is 1.50 bits per heavy atom. The van der Waals surface area contributed by atoms with Gasteiger partial charge in [0.1, 0.15) is 5.82 Å². The van der Waals surface area contributed by atoms with Gasteiger partial charge in [-0.05, 0) is 12.1 Å². The molecule has 136 valence electrons. The molecule has 1 aromatic rings. The summed E-state index contributed by atoms with van der Waals surface area (Å²) in [6, 6.07) is 5.90. The maximum atomic E-state index is 5.63. The van der Waals surface area contributed by atoms with Gasteiger partial charge < -0.3 is 28.6 Å². The molecule has 24 heavy (non-hydrogen) atoms. The molecule has 0 N–H and O–H groups in total. The Hall–Kier alpha value is -1.25. The van der Waals surface area contributed by atoms with Gasteiger partial charge in [-0.1, -0.05) is 6.07 Å². The summed E-state index contributed by atoms with van der Waals surface area (Å²) in [4.78, 5) is 6.57. The average molecular weight is 340 g/mol. The lowest BCUT2D eigenvalue weighted by Crippen LogP contribution is -2.32. The van der Waals surface area contributed by atoms with E-state index in [0.29, 0.717) is 66.1 Å². The van der Waals surface area contributed by atoms with Gasteiger partial charge in [-0.3, -0.25) is 0 Å². The van der Waals surface area contributed by atoms with Gasteiger partial charge in [-0.2, -0.15) is 0 Å². The van der Waals surface area contributed by atoms with Crippen LogP contribution in [0.3, 0.4) is 0 Å². The van der Waals surface area contributed by atoms with Crippen LogP contribution in [0, 0.1) is 0 Å². The van der Waals surface area contributed by atoms with Crippen LogP contribution in [0.15, 0.2) is 24.4 Å². The van der Waals surface area contributed by atoms with Crippen molar-refractivity contribution in [3.05, 3.63) is 24.4 Å². The maximum absolute atomic E-state index is 5.63. The number of ether oxygens (including phenoxy) is 5. The van der Waals surface area contributed by atoms with Crippen molar-refractivity contribution in [3.8, 4) is 0 Å². The van der Waals surface area contributed by atoms with Gasteiger partial charge in [0.15, 0.2) is 0 Å². The van der Waals surface area contributed by atoms with Crippen molar-refractivity contribution >= 4 is 5.82 Å². The number of pyridine rings is 1. The fourth-order valence-electron chi connectivity index (χ4n) is 2.21. The molecule has 1 saturated heterocycles. The average Bonchev–Trinajstić information content (AvgIpc) is 2.62. The molecule has 7 nitrogen and oxygen atoms in total. The van der Waals surface area contributed by atoms with Crippen LogP contribution in [0.25, 0.3) is 0 Å². The molecule has 0 spiro atoms. The highest BCUT2D eigenvalue weighted by atomic mass is 16.6. The molecule has 2 heterocycles. The molecule has 0 atom stereocenters. The van der Waals surface area contributed by atoms with Crippen molar-refractivity contribution in [2.24, 2.45) is 0 Å². The number of nitrogens with zero attached hydrogens (tertiary/aromatic N) is 2. The Morgan fingerprint density at radius 2 is 1.08 bits per heavy atom. The van der Waals surface area contributed by atoms with Crippen molar-refractivity contribution in [2.75, 3.05) is 84.1 Å². The molecule has 7 heteroatoms. The molecule has 2 rings (SSSR count). The third-order valence-electron chi connectivity index (χ3n) is 3.47. The molecule has 0 saturated carbocycles. The molecule has 0 aromatic carbocycles. The minimum Gasteiger partial charge on any atom is -0.377 e. The second-order valence-electron chi connectivity index (χ2n) is 5.24. The number of hydrogen-bond acceptors (Lipinski definition) is 7. The SMILES string of the molecule is c1ccc(N2CCOCCOCCOCCOCCOCC2)nc1. The highest BCUT2D eigenvalue weighted by Crippen LogP contribution is 2.08. The van der Waals surface area contributed by atoms with Crippen molar-refractivity contribution in [3.63, 3.8) is 0 Å². The van der Waals surface area contributed by atoms with Crippen LogP contribution < -0.4 is 4.90 Å². The lowest BCUT2D eigenvalue weighted by molar-refractivity contribution is -0.0116. The third-order valence-corrected chi connectivity index (χ3v) is 3.47. The summed E-state index contributed by atoms with van der Waals surface area (Å²) in [7, 11) is 0. The molecule has 0 bridgehead atoms. The monoisotopic (exact) mass is 340 g/mol. The van der Waals surface area contributed by atoms with Gasteiger partial charge >= 0.3 is 0 Å². The zero-order valence-electron chi connectivity index (χ0n) is 14.2. The minimum absolute atomic E-state index is 0.576. The zero-order chi connectivity index (χ0) is 16.7. The summed E-state index contributed by atoms with van der Waals surface area (Å²) in [6.45, 7) is 7.39. The molecule has 1 aliphatic heterocycles. The standard InChI is InChI=1S/C17H28N2O5/c1-2-4-18-17(3-1)19-5-7-20-9-11-22-13-15-24-16-14-23-12-10-21-8-6-19/h1-4H,5-16H2. The Labute approximate surface area is 143 Å².